The molecule has 1 heterocycles. The molecule has 1 aromatic rings. The van der Waals surface area contributed by atoms with E-state index in [-0.39, 0.29) is 12.1 Å². The molecule has 1 fully saturated rings. The number of nitrogens with zero attached hydrogens (tertiary/aromatic N) is 1. The molecule has 1 aliphatic heterocycles. The molecule has 1 amide bonds. The molecule has 4 heteroatoms. The lowest BCUT2D eigenvalue weighted by molar-refractivity contribution is 0.0145. The Morgan fingerprint density at radius 1 is 1.32 bits per heavy atom. The van der Waals surface area contributed by atoms with Gasteiger partial charge in [-0.2, -0.15) is 0 Å². The fraction of sp³-hybridized carbons (Fsp3) is 0.611. The standard InChI is InChI=1S/C18H28N2O2/c1-18(2,3)22-17(21)20-12-8-11-15(13-20)16(19-4)14-9-6-5-7-10-14/h5-7,9-10,15-16,19H,8,11-13H2,1-4H3/t15-,16+/m1/s1. The van der Waals surface area contributed by atoms with E-state index in [4.69, 9.17) is 4.74 Å². The van der Waals surface area contributed by atoms with E-state index >= 15 is 0 Å². The van der Waals surface area contributed by atoms with Crippen molar-refractivity contribution >= 4 is 6.09 Å². The Balaban J connectivity index is 2.04. The first kappa shape index (κ1) is 16.8. The minimum Gasteiger partial charge on any atom is -0.444 e. The summed E-state index contributed by atoms with van der Waals surface area (Å²) in [5.41, 5.74) is 0.840. The van der Waals surface area contributed by atoms with Gasteiger partial charge in [-0.05, 0) is 52.1 Å². The summed E-state index contributed by atoms with van der Waals surface area (Å²) >= 11 is 0. The van der Waals surface area contributed by atoms with Gasteiger partial charge in [-0.3, -0.25) is 0 Å². The van der Waals surface area contributed by atoms with Gasteiger partial charge in [0.2, 0.25) is 0 Å². The maximum atomic E-state index is 12.3. The first-order chi connectivity index (χ1) is 10.4. The zero-order chi connectivity index (χ0) is 16.2. The van der Waals surface area contributed by atoms with Crippen LogP contribution in [0, 0.1) is 5.92 Å². The van der Waals surface area contributed by atoms with Gasteiger partial charge < -0.3 is 15.0 Å². The molecule has 0 aliphatic carbocycles. The molecule has 1 N–H and O–H groups in total. The van der Waals surface area contributed by atoms with Crippen molar-refractivity contribution in [2.45, 2.75) is 45.3 Å². The second-order valence-electron chi connectivity index (χ2n) is 7.01. The molecular weight excluding hydrogens is 276 g/mol. The lowest BCUT2D eigenvalue weighted by atomic mass is 9.86. The summed E-state index contributed by atoms with van der Waals surface area (Å²) in [4.78, 5) is 14.1. The average molecular weight is 304 g/mol. The third-order valence-corrected chi connectivity index (χ3v) is 4.05. The summed E-state index contributed by atoms with van der Waals surface area (Å²) in [6, 6.07) is 10.7. The molecule has 2 atom stereocenters. The minimum absolute atomic E-state index is 0.194. The van der Waals surface area contributed by atoms with Crippen LogP contribution in [0.3, 0.4) is 0 Å². The van der Waals surface area contributed by atoms with Crippen molar-refractivity contribution < 1.29 is 9.53 Å². The summed E-state index contributed by atoms with van der Waals surface area (Å²) in [6.07, 6.45) is 1.95. The fourth-order valence-electron chi connectivity index (χ4n) is 3.11. The van der Waals surface area contributed by atoms with E-state index in [2.05, 4.69) is 29.6 Å². The van der Waals surface area contributed by atoms with Crippen molar-refractivity contribution in [3.05, 3.63) is 35.9 Å². The highest BCUT2D eigenvalue weighted by Crippen LogP contribution is 2.30. The van der Waals surface area contributed by atoms with Crippen molar-refractivity contribution in [3.8, 4) is 0 Å². The minimum atomic E-state index is -0.439. The van der Waals surface area contributed by atoms with Crippen LogP contribution in [0.5, 0.6) is 0 Å². The van der Waals surface area contributed by atoms with Crippen LogP contribution in [0.2, 0.25) is 0 Å². The molecule has 2 rings (SSSR count). The third kappa shape index (κ3) is 4.47. The lowest BCUT2D eigenvalue weighted by Crippen LogP contribution is -2.45. The molecule has 0 bridgehead atoms. The van der Waals surface area contributed by atoms with Gasteiger partial charge >= 0.3 is 6.09 Å². The molecule has 0 spiro atoms. The molecule has 0 aromatic heterocycles. The van der Waals surface area contributed by atoms with Crippen LogP contribution in [0.4, 0.5) is 4.79 Å². The van der Waals surface area contributed by atoms with Crippen LogP contribution in [0.1, 0.15) is 45.2 Å². The number of carbonyl (C=O) groups is 1. The van der Waals surface area contributed by atoms with E-state index in [9.17, 15) is 4.79 Å². The predicted molar refractivity (Wildman–Crippen MR) is 88.8 cm³/mol. The van der Waals surface area contributed by atoms with Crippen LogP contribution in [0.25, 0.3) is 0 Å². The normalized spacial score (nSPS) is 20.5. The van der Waals surface area contributed by atoms with E-state index in [1.54, 1.807) is 0 Å². The van der Waals surface area contributed by atoms with Gasteiger partial charge in [0, 0.05) is 19.1 Å². The number of rotatable bonds is 3. The van der Waals surface area contributed by atoms with Crippen LogP contribution in [0.15, 0.2) is 30.3 Å². The number of hydrogen-bond donors (Lipinski definition) is 1. The van der Waals surface area contributed by atoms with Gasteiger partial charge in [0.25, 0.3) is 0 Å². The van der Waals surface area contributed by atoms with Crippen LogP contribution in [-0.2, 0) is 4.74 Å². The highest BCUT2D eigenvalue weighted by molar-refractivity contribution is 5.68. The van der Waals surface area contributed by atoms with Gasteiger partial charge in [-0.25, -0.2) is 4.79 Å². The van der Waals surface area contributed by atoms with E-state index in [1.165, 1.54) is 5.56 Å². The molecular formula is C18H28N2O2. The number of nitrogens with one attached hydrogen (secondary N) is 1. The molecule has 1 aromatic carbocycles. The number of ether oxygens (including phenoxy) is 1. The monoisotopic (exact) mass is 304 g/mol. The number of carbonyl (C=O) groups excluding carboxylic acids is 1. The van der Waals surface area contributed by atoms with Crippen molar-refractivity contribution in [1.82, 2.24) is 10.2 Å². The maximum Gasteiger partial charge on any atom is 0.410 e. The zero-order valence-electron chi connectivity index (χ0n) is 14.1. The second kappa shape index (κ2) is 7.14. The van der Waals surface area contributed by atoms with Gasteiger partial charge in [0.1, 0.15) is 5.60 Å². The van der Waals surface area contributed by atoms with Gasteiger partial charge in [-0.15, -0.1) is 0 Å². The number of amides is 1. The van der Waals surface area contributed by atoms with Crippen LogP contribution in [-0.4, -0.2) is 36.7 Å². The van der Waals surface area contributed by atoms with Crippen LogP contribution < -0.4 is 5.32 Å². The summed E-state index contributed by atoms with van der Waals surface area (Å²) in [5.74, 6) is 0.411. The molecule has 0 radical (unpaired) electrons. The summed E-state index contributed by atoms with van der Waals surface area (Å²) in [7, 11) is 1.99. The first-order valence-corrected chi connectivity index (χ1v) is 8.11. The van der Waals surface area contributed by atoms with Gasteiger partial charge in [0.05, 0.1) is 0 Å². The van der Waals surface area contributed by atoms with Gasteiger partial charge in [-0.1, -0.05) is 30.3 Å². The molecule has 1 aliphatic rings. The average Bonchev–Trinajstić information content (AvgIpc) is 2.48. The first-order valence-electron chi connectivity index (χ1n) is 8.11. The largest absolute Gasteiger partial charge is 0.444 e. The number of likely N-dealkylation sites (tertiary alicyclic amines) is 1. The number of piperidine rings is 1. The van der Waals surface area contributed by atoms with Crippen molar-refractivity contribution in [1.29, 1.82) is 0 Å². The Morgan fingerprint density at radius 3 is 2.59 bits per heavy atom. The summed E-state index contributed by atoms with van der Waals surface area (Å²) in [5, 5.41) is 3.42. The van der Waals surface area contributed by atoms with Crippen molar-refractivity contribution in [2.75, 3.05) is 20.1 Å². The summed E-state index contributed by atoms with van der Waals surface area (Å²) in [6.45, 7) is 7.26. The van der Waals surface area contributed by atoms with Gasteiger partial charge in [0.15, 0.2) is 0 Å². The molecule has 22 heavy (non-hydrogen) atoms. The quantitative estimate of drug-likeness (QED) is 0.928. The molecule has 1 saturated heterocycles. The van der Waals surface area contributed by atoms with E-state index in [0.29, 0.717) is 5.92 Å². The predicted octanol–water partition coefficient (Wildman–Crippen LogP) is 3.59. The molecule has 4 nitrogen and oxygen atoms in total. The molecule has 0 unspecified atom stereocenters. The summed E-state index contributed by atoms with van der Waals surface area (Å²) < 4.78 is 5.51. The Hall–Kier alpha value is -1.55. The highest BCUT2D eigenvalue weighted by atomic mass is 16.6. The lowest BCUT2D eigenvalue weighted by Gasteiger charge is -2.37. The number of hydrogen-bond acceptors (Lipinski definition) is 3. The Labute approximate surface area is 133 Å². The van der Waals surface area contributed by atoms with E-state index < -0.39 is 5.60 Å². The zero-order valence-corrected chi connectivity index (χ0v) is 14.1. The topological polar surface area (TPSA) is 41.6 Å². The van der Waals surface area contributed by atoms with E-state index in [1.807, 2.05) is 38.8 Å². The van der Waals surface area contributed by atoms with Crippen LogP contribution >= 0.6 is 0 Å². The van der Waals surface area contributed by atoms with Crippen molar-refractivity contribution in [2.24, 2.45) is 5.92 Å². The molecule has 0 saturated carbocycles. The third-order valence-electron chi connectivity index (χ3n) is 4.05. The highest BCUT2D eigenvalue weighted by Gasteiger charge is 2.31. The number of benzene rings is 1. The Morgan fingerprint density at radius 2 is 2.00 bits per heavy atom. The Bertz CT molecular complexity index is 482. The van der Waals surface area contributed by atoms with Crippen molar-refractivity contribution in [3.63, 3.8) is 0 Å². The Kier molecular flexibility index (Phi) is 5.46. The molecule has 122 valence electrons. The second-order valence-corrected chi connectivity index (χ2v) is 7.01. The maximum absolute atomic E-state index is 12.3. The van der Waals surface area contributed by atoms with E-state index in [0.717, 1.165) is 25.9 Å². The fourth-order valence-corrected chi connectivity index (χ4v) is 3.11. The smallest absolute Gasteiger partial charge is 0.410 e. The SMILES string of the molecule is CN[C@@H](c1ccccc1)[C@@H]1CCCN(C(=O)OC(C)(C)C)C1.